The van der Waals surface area contributed by atoms with Gasteiger partial charge in [0.1, 0.15) is 12.6 Å². The molecule has 2 aromatic carbocycles. The maximum absolute atomic E-state index is 9.02. The summed E-state index contributed by atoms with van der Waals surface area (Å²) < 4.78 is 51.0. The first kappa shape index (κ1) is 17.9. The lowest BCUT2D eigenvalue weighted by atomic mass is 9.85. The van der Waals surface area contributed by atoms with E-state index in [-0.39, 0.29) is 16.5 Å². The van der Waals surface area contributed by atoms with Crippen LogP contribution in [0.15, 0.2) is 59.1 Å². The van der Waals surface area contributed by atoms with Gasteiger partial charge < -0.3 is 4.42 Å². The Morgan fingerprint density at radius 2 is 1.83 bits per heavy atom. The van der Waals surface area contributed by atoms with Gasteiger partial charge in [0.05, 0.1) is 11.3 Å². The van der Waals surface area contributed by atoms with E-state index in [1.807, 2.05) is 25.1 Å². The normalized spacial score (nSPS) is 17.2. The average Bonchev–Trinajstić information content (AvgIpc) is 3.34. The van der Waals surface area contributed by atoms with Crippen LogP contribution in [0, 0.1) is 19.2 Å². The summed E-state index contributed by atoms with van der Waals surface area (Å²) in [6.07, 6.45) is -0.356. The summed E-state index contributed by atoms with van der Waals surface area (Å²) in [5, 5.41) is 0.871. The molecule has 0 fully saturated rings. The van der Waals surface area contributed by atoms with E-state index in [1.54, 1.807) is 44.6 Å². The molecule has 0 radical (unpaired) electrons. The summed E-state index contributed by atoms with van der Waals surface area (Å²) in [7, 11) is 1.80. The Bertz CT molecular complexity index is 1890. The van der Waals surface area contributed by atoms with Gasteiger partial charge in [0.2, 0.25) is 5.69 Å². The number of hydrogen-bond acceptors (Lipinski definition) is 2. The molecular formula is C33H35N2O+. The molecule has 182 valence electrons. The van der Waals surface area contributed by atoms with E-state index in [9.17, 15) is 0 Å². The Labute approximate surface area is 220 Å². The van der Waals surface area contributed by atoms with E-state index in [1.165, 1.54) is 11.1 Å². The standard InChI is InChI=1S/C33H35N2O/c1-19-13-14-23-29-27(16-24-22-11-9-10-12-25(22)33(6,7)31(24)34-29)36-30(23)28(19)26-15-21(17-32(3,4)5)20(2)18-35(26)8/h9-16,18H,17H2,1-8H3/q+1/i2D3,17D2. The van der Waals surface area contributed by atoms with Gasteiger partial charge in [-0.2, -0.15) is 0 Å². The molecule has 0 spiro atoms. The van der Waals surface area contributed by atoms with Crippen molar-refractivity contribution in [3.8, 4) is 22.4 Å². The van der Waals surface area contributed by atoms with Gasteiger partial charge in [-0.05, 0) is 60.0 Å². The molecule has 3 heteroatoms. The van der Waals surface area contributed by atoms with Crippen LogP contribution in [0.5, 0.6) is 0 Å². The van der Waals surface area contributed by atoms with Gasteiger partial charge in [-0.3, -0.25) is 0 Å². The number of rotatable bonds is 2. The molecule has 5 aromatic rings. The second kappa shape index (κ2) is 7.52. The molecule has 3 nitrogen and oxygen atoms in total. The second-order valence-corrected chi connectivity index (χ2v) is 11.6. The maximum Gasteiger partial charge on any atom is 0.216 e. The molecule has 36 heavy (non-hydrogen) atoms. The summed E-state index contributed by atoms with van der Waals surface area (Å²) in [5.74, 6) is 0. The van der Waals surface area contributed by atoms with Crippen molar-refractivity contribution in [2.24, 2.45) is 12.5 Å². The first-order valence-corrected chi connectivity index (χ1v) is 12.5. The second-order valence-electron chi connectivity index (χ2n) is 11.6. The summed E-state index contributed by atoms with van der Waals surface area (Å²) in [6, 6.07) is 16.2. The Hall–Kier alpha value is -3.46. The molecule has 0 N–H and O–H groups in total. The van der Waals surface area contributed by atoms with Gasteiger partial charge >= 0.3 is 0 Å². The van der Waals surface area contributed by atoms with Gasteiger partial charge in [0.15, 0.2) is 17.4 Å². The van der Waals surface area contributed by atoms with Crippen LogP contribution in [0.3, 0.4) is 0 Å². The van der Waals surface area contributed by atoms with Crippen LogP contribution >= 0.6 is 0 Å². The fourth-order valence-corrected chi connectivity index (χ4v) is 5.64. The van der Waals surface area contributed by atoms with Gasteiger partial charge in [0, 0.05) is 34.8 Å². The van der Waals surface area contributed by atoms with Crippen molar-refractivity contribution in [1.29, 1.82) is 0 Å². The summed E-state index contributed by atoms with van der Waals surface area (Å²) in [4.78, 5) is 5.20. The zero-order chi connectivity index (χ0) is 29.9. The third-order valence-corrected chi connectivity index (χ3v) is 7.34. The molecule has 3 aromatic heterocycles. The molecule has 0 saturated heterocycles. The topological polar surface area (TPSA) is 29.9 Å². The van der Waals surface area contributed by atoms with E-state index in [0.29, 0.717) is 16.9 Å². The smallest absolute Gasteiger partial charge is 0.216 e. The fourth-order valence-electron chi connectivity index (χ4n) is 5.64. The number of aromatic nitrogens is 2. The predicted molar refractivity (Wildman–Crippen MR) is 148 cm³/mol. The Balaban J connectivity index is 1.66. The summed E-state index contributed by atoms with van der Waals surface area (Å²) in [5.41, 5.74) is 8.14. The SMILES string of the molecule is [2H]C([2H])([2H])c1c[n+](C)c(-c2c(C)ccc3c2oc2cc4c(nc23)C(C)(C)c2ccccc2-4)cc1C([2H])([2H])C(C)(C)C. The summed E-state index contributed by atoms with van der Waals surface area (Å²) >= 11 is 0. The molecule has 3 heterocycles. The highest BCUT2D eigenvalue weighted by Gasteiger charge is 2.37. The van der Waals surface area contributed by atoms with Crippen LogP contribution in [-0.2, 0) is 18.8 Å². The quantitative estimate of drug-likeness (QED) is 0.240. The fraction of sp³-hybridized carbons (Fsp3) is 0.333. The molecule has 0 unspecified atom stereocenters. The highest BCUT2D eigenvalue weighted by molar-refractivity contribution is 6.09. The van der Waals surface area contributed by atoms with E-state index < -0.39 is 18.6 Å². The van der Waals surface area contributed by atoms with Crippen molar-refractivity contribution < 1.29 is 15.8 Å². The molecule has 1 aliphatic rings. The lowest BCUT2D eigenvalue weighted by Gasteiger charge is -2.20. The molecule has 0 aliphatic heterocycles. The van der Waals surface area contributed by atoms with Gasteiger partial charge in [0.25, 0.3) is 0 Å². The van der Waals surface area contributed by atoms with Crippen LogP contribution in [-0.4, -0.2) is 4.98 Å². The number of fused-ring (bicyclic) bond motifs is 6. The van der Waals surface area contributed by atoms with Crippen molar-refractivity contribution in [2.45, 2.75) is 60.2 Å². The van der Waals surface area contributed by atoms with Crippen LogP contribution in [0.1, 0.15) is 69.4 Å². The molecule has 0 saturated carbocycles. The average molecular weight is 481 g/mol. The monoisotopic (exact) mass is 480 g/mol. The molecule has 6 rings (SSSR count). The number of nitrogens with zero attached hydrogens (tertiary/aromatic N) is 2. The molecular weight excluding hydrogens is 440 g/mol. The van der Waals surface area contributed by atoms with Crippen molar-refractivity contribution >= 4 is 22.1 Å². The Morgan fingerprint density at radius 3 is 2.58 bits per heavy atom. The molecule has 0 atom stereocenters. The van der Waals surface area contributed by atoms with Crippen molar-refractivity contribution in [2.75, 3.05) is 0 Å². The van der Waals surface area contributed by atoms with E-state index in [4.69, 9.17) is 16.3 Å². The van der Waals surface area contributed by atoms with Gasteiger partial charge in [-0.15, -0.1) is 0 Å². The zero-order valence-electron chi connectivity index (χ0n) is 27.0. The Kier molecular flexibility index (Phi) is 3.74. The predicted octanol–water partition coefficient (Wildman–Crippen LogP) is 7.98. The number of pyridine rings is 2. The van der Waals surface area contributed by atoms with Crippen LogP contribution in [0.25, 0.3) is 44.5 Å². The number of benzene rings is 2. The highest BCUT2D eigenvalue weighted by atomic mass is 16.3. The highest BCUT2D eigenvalue weighted by Crippen LogP contribution is 2.49. The van der Waals surface area contributed by atoms with E-state index in [2.05, 4.69) is 38.1 Å². The maximum atomic E-state index is 9.02. The van der Waals surface area contributed by atoms with E-state index >= 15 is 0 Å². The van der Waals surface area contributed by atoms with Crippen LogP contribution < -0.4 is 4.57 Å². The van der Waals surface area contributed by atoms with Gasteiger partial charge in [-0.25, -0.2) is 9.55 Å². The van der Waals surface area contributed by atoms with E-state index in [0.717, 1.165) is 33.3 Å². The molecule has 0 bridgehead atoms. The minimum absolute atomic E-state index is 0.0112. The van der Waals surface area contributed by atoms with Crippen LogP contribution in [0.2, 0.25) is 0 Å². The number of hydrogen-bond donors (Lipinski definition) is 0. The van der Waals surface area contributed by atoms with Crippen LogP contribution in [0.4, 0.5) is 0 Å². The molecule has 1 aliphatic carbocycles. The lowest BCUT2D eigenvalue weighted by Crippen LogP contribution is -2.32. The Morgan fingerprint density at radius 1 is 1.06 bits per heavy atom. The summed E-state index contributed by atoms with van der Waals surface area (Å²) in [6.45, 7) is 9.29. The van der Waals surface area contributed by atoms with Crippen molar-refractivity contribution in [3.05, 3.63) is 82.7 Å². The van der Waals surface area contributed by atoms with Gasteiger partial charge in [-0.1, -0.05) is 65.0 Å². The van der Waals surface area contributed by atoms with Crippen molar-refractivity contribution in [3.63, 3.8) is 0 Å². The number of furan rings is 1. The lowest BCUT2D eigenvalue weighted by molar-refractivity contribution is -0.660. The number of aryl methyl sites for hydroxylation is 3. The minimum atomic E-state index is -2.47. The first-order valence-electron chi connectivity index (χ1n) is 15.0. The third kappa shape index (κ3) is 3.32. The third-order valence-electron chi connectivity index (χ3n) is 7.34. The zero-order valence-corrected chi connectivity index (χ0v) is 22.0. The first-order chi connectivity index (χ1) is 18.9. The largest absolute Gasteiger partial charge is 0.453 e. The minimum Gasteiger partial charge on any atom is -0.453 e. The van der Waals surface area contributed by atoms with Crippen molar-refractivity contribution in [1.82, 2.24) is 4.98 Å². The molecule has 0 amide bonds.